The third-order valence-corrected chi connectivity index (χ3v) is 9.37. The molecule has 0 spiro atoms. The number of benzene rings is 2. The van der Waals surface area contributed by atoms with Gasteiger partial charge in [0.25, 0.3) is 0 Å². The van der Waals surface area contributed by atoms with Crippen LogP contribution in [0.5, 0.6) is 0 Å². The van der Waals surface area contributed by atoms with Crippen LogP contribution in [0, 0.1) is 81.1 Å². The molecule has 2 aromatic rings. The van der Waals surface area contributed by atoms with E-state index in [4.69, 9.17) is 0 Å². The Morgan fingerprint density at radius 2 is 0.533 bits per heavy atom. The molecular weight excluding hydrogens is 360 g/mol. The first-order chi connectivity index (χ1) is 14.1. The molecule has 0 unspecified atom stereocenters. The Morgan fingerprint density at radius 1 is 0.333 bits per heavy atom. The molecule has 160 valence electrons. The van der Waals surface area contributed by atoms with Crippen LogP contribution in [0.1, 0.15) is 92.4 Å². The fraction of sp³-hybridized carbons (Fsp3) is 0.533. The maximum Gasteiger partial charge on any atom is -0.0152 e. The molecule has 0 radical (unpaired) electrons. The fourth-order valence-corrected chi connectivity index (χ4v) is 6.60. The van der Waals surface area contributed by atoms with Crippen molar-refractivity contribution < 1.29 is 0 Å². The molecule has 2 bridgehead atoms. The summed E-state index contributed by atoms with van der Waals surface area (Å²) < 4.78 is 0. The first-order valence-corrected chi connectivity index (χ1v) is 12.0. The highest BCUT2D eigenvalue weighted by atomic mass is 14.4. The lowest BCUT2D eigenvalue weighted by molar-refractivity contribution is 0.351. The highest BCUT2D eigenvalue weighted by Gasteiger charge is 2.39. The molecule has 0 amide bonds. The minimum Gasteiger partial charge on any atom is -0.0458 e. The van der Waals surface area contributed by atoms with Crippen molar-refractivity contribution >= 4 is 11.1 Å². The Morgan fingerprint density at radius 3 is 0.767 bits per heavy atom. The largest absolute Gasteiger partial charge is 0.0458 e. The summed E-state index contributed by atoms with van der Waals surface area (Å²) in [5, 5.41) is 0. The molecule has 0 nitrogen and oxygen atoms in total. The number of hydrogen-bond acceptors (Lipinski definition) is 0. The van der Waals surface area contributed by atoms with Gasteiger partial charge in [0.1, 0.15) is 0 Å². The van der Waals surface area contributed by atoms with Crippen molar-refractivity contribution in [3.8, 4) is 0 Å². The van der Waals surface area contributed by atoms with E-state index in [2.05, 4.69) is 69.2 Å². The molecule has 1 saturated carbocycles. The first kappa shape index (κ1) is 21.4. The van der Waals surface area contributed by atoms with Crippen molar-refractivity contribution in [2.24, 2.45) is 11.8 Å². The minimum atomic E-state index is 0.727. The van der Waals surface area contributed by atoms with Gasteiger partial charge in [-0.05, 0) is 185 Å². The average molecular weight is 401 g/mol. The maximum absolute atomic E-state index is 2.38. The molecule has 2 aromatic carbocycles. The van der Waals surface area contributed by atoms with Crippen molar-refractivity contribution in [3.05, 3.63) is 66.8 Å². The van der Waals surface area contributed by atoms with Crippen LogP contribution < -0.4 is 0 Å². The molecular formula is C30H40. The zero-order chi connectivity index (χ0) is 22.1. The van der Waals surface area contributed by atoms with E-state index >= 15 is 0 Å². The molecule has 3 aliphatic carbocycles. The summed E-state index contributed by atoms with van der Waals surface area (Å²) in [5.74, 6) is 1.45. The van der Waals surface area contributed by atoms with E-state index in [0.29, 0.717) is 0 Å². The van der Waals surface area contributed by atoms with Crippen LogP contribution in [0.25, 0.3) is 11.1 Å². The van der Waals surface area contributed by atoms with E-state index < -0.39 is 0 Å². The Labute approximate surface area is 184 Å². The second kappa shape index (κ2) is 7.40. The first-order valence-electron chi connectivity index (χ1n) is 12.0. The van der Waals surface area contributed by atoms with Crippen LogP contribution in [-0.2, 0) is 0 Å². The second-order valence-corrected chi connectivity index (χ2v) is 10.4. The molecule has 0 saturated heterocycles. The van der Waals surface area contributed by atoms with Crippen LogP contribution in [0.2, 0.25) is 0 Å². The van der Waals surface area contributed by atoms with Gasteiger partial charge in [0.05, 0.1) is 0 Å². The SMILES string of the molecule is Cc1c(C)c(C)c(C2=C(c3c(C)c(C)c(C)c(C)c3C)C3CCC2CC3)c(C)c1C. The molecule has 30 heavy (non-hydrogen) atoms. The van der Waals surface area contributed by atoms with E-state index in [1.54, 1.807) is 22.3 Å². The Bertz CT molecular complexity index is 936. The van der Waals surface area contributed by atoms with Gasteiger partial charge in [-0.1, -0.05) is 0 Å². The summed E-state index contributed by atoms with van der Waals surface area (Å²) >= 11 is 0. The Hall–Kier alpha value is -1.82. The van der Waals surface area contributed by atoms with Gasteiger partial charge < -0.3 is 0 Å². The topological polar surface area (TPSA) is 0 Å². The number of hydrogen-bond donors (Lipinski definition) is 0. The predicted molar refractivity (Wildman–Crippen MR) is 133 cm³/mol. The van der Waals surface area contributed by atoms with Crippen molar-refractivity contribution in [1.82, 2.24) is 0 Å². The second-order valence-electron chi connectivity index (χ2n) is 10.4. The van der Waals surface area contributed by atoms with Gasteiger partial charge in [0.2, 0.25) is 0 Å². The van der Waals surface area contributed by atoms with E-state index in [0.717, 1.165) is 11.8 Å². The summed E-state index contributed by atoms with van der Waals surface area (Å²) in [6.45, 7) is 23.4. The van der Waals surface area contributed by atoms with Crippen molar-refractivity contribution in [1.29, 1.82) is 0 Å². The monoisotopic (exact) mass is 400 g/mol. The van der Waals surface area contributed by atoms with Crippen molar-refractivity contribution in [2.45, 2.75) is 94.9 Å². The van der Waals surface area contributed by atoms with Gasteiger partial charge in [0, 0.05) is 0 Å². The lowest BCUT2D eigenvalue weighted by atomic mass is 9.61. The van der Waals surface area contributed by atoms with Crippen LogP contribution in [-0.4, -0.2) is 0 Å². The summed E-state index contributed by atoms with van der Waals surface area (Å²) in [4.78, 5) is 0. The molecule has 0 aliphatic heterocycles. The van der Waals surface area contributed by atoms with Gasteiger partial charge in [-0.15, -0.1) is 0 Å². The molecule has 5 rings (SSSR count). The molecule has 0 atom stereocenters. The summed E-state index contributed by atoms with van der Waals surface area (Å²) in [6.07, 6.45) is 5.49. The van der Waals surface area contributed by atoms with E-state index in [9.17, 15) is 0 Å². The predicted octanol–water partition coefficient (Wildman–Crippen LogP) is 8.50. The quantitative estimate of drug-likeness (QED) is 0.474. The van der Waals surface area contributed by atoms with E-state index in [-0.39, 0.29) is 0 Å². The van der Waals surface area contributed by atoms with Crippen LogP contribution in [0.15, 0.2) is 0 Å². The Kier molecular flexibility index (Phi) is 5.28. The minimum absolute atomic E-state index is 0.727. The van der Waals surface area contributed by atoms with Crippen molar-refractivity contribution in [3.63, 3.8) is 0 Å². The van der Waals surface area contributed by atoms with Gasteiger partial charge in [-0.2, -0.15) is 0 Å². The van der Waals surface area contributed by atoms with Crippen molar-refractivity contribution in [2.75, 3.05) is 0 Å². The van der Waals surface area contributed by atoms with Crippen LogP contribution >= 0.6 is 0 Å². The summed E-state index contributed by atoms with van der Waals surface area (Å²) in [7, 11) is 0. The molecule has 0 heterocycles. The third kappa shape index (κ3) is 2.86. The lowest BCUT2D eigenvalue weighted by Crippen LogP contribution is -2.27. The molecule has 3 aliphatic rings. The van der Waals surface area contributed by atoms with Crippen LogP contribution in [0.4, 0.5) is 0 Å². The van der Waals surface area contributed by atoms with Gasteiger partial charge in [0.15, 0.2) is 0 Å². The van der Waals surface area contributed by atoms with Gasteiger partial charge in [-0.3, -0.25) is 0 Å². The highest BCUT2D eigenvalue weighted by Crippen LogP contribution is 2.55. The summed E-state index contributed by atoms with van der Waals surface area (Å²) in [6, 6.07) is 0. The van der Waals surface area contributed by atoms with E-state index in [1.165, 1.54) is 81.3 Å². The molecule has 0 N–H and O–H groups in total. The molecule has 0 aromatic heterocycles. The maximum atomic E-state index is 2.38. The normalized spacial score (nSPS) is 21.0. The fourth-order valence-electron chi connectivity index (χ4n) is 6.60. The Balaban J connectivity index is 2.16. The zero-order valence-electron chi connectivity index (χ0n) is 21.0. The average Bonchev–Trinajstić information content (AvgIpc) is 2.75. The highest BCUT2D eigenvalue weighted by molar-refractivity contribution is 5.98. The third-order valence-electron chi connectivity index (χ3n) is 9.37. The van der Waals surface area contributed by atoms with E-state index in [1.807, 2.05) is 0 Å². The zero-order valence-corrected chi connectivity index (χ0v) is 21.0. The van der Waals surface area contributed by atoms with Gasteiger partial charge >= 0.3 is 0 Å². The smallest absolute Gasteiger partial charge is 0.0152 e. The summed E-state index contributed by atoms with van der Waals surface area (Å²) in [5.41, 5.74) is 21.6. The number of allylic oxidation sites excluding steroid dienone is 2. The molecule has 1 fully saturated rings. The lowest BCUT2D eigenvalue weighted by Gasteiger charge is -2.43. The van der Waals surface area contributed by atoms with Crippen LogP contribution in [0.3, 0.4) is 0 Å². The number of fused-ring (bicyclic) bond motifs is 2. The molecule has 0 heteroatoms. The standard InChI is InChI=1S/C30H40/c1-15-17(3)21(7)27(22(8)18(15)4)29-25-11-13-26(14-12-25)30(29)28-23(9)19(5)16(2)20(6)24(28)10/h25-26H,11-14H2,1-10H3. The van der Waals surface area contributed by atoms with Gasteiger partial charge in [-0.25, -0.2) is 0 Å². The number of rotatable bonds is 2.